The number of hydrogen-bond donors (Lipinski definition) is 2. The van der Waals surface area contributed by atoms with Crippen molar-refractivity contribution in [3.05, 3.63) is 48.5 Å². The topological polar surface area (TPSA) is 84.3 Å². The SMILES string of the molecule is c1ccc(-n2cnnn2)c(NCc2ccn[nH]2)c1. The second-order valence-electron chi connectivity index (χ2n) is 3.71. The number of H-pyrrole nitrogens is 1. The summed E-state index contributed by atoms with van der Waals surface area (Å²) in [5.41, 5.74) is 2.88. The second kappa shape index (κ2) is 4.66. The second-order valence-corrected chi connectivity index (χ2v) is 3.71. The molecule has 90 valence electrons. The lowest BCUT2D eigenvalue weighted by Gasteiger charge is -2.09. The van der Waals surface area contributed by atoms with Crippen LogP contribution in [0.4, 0.5) is 5.69 Å². The van der Waals surface area contributed by atoms with Gasteiger partial charge < -0.3 is 5.32 Å². The molecule has 18 heavy (non-hydrogen) atoms. The van der Waals surface area contributed by atoms with Crippen LogP contribution in [-0.4, -0.2) is 30.4 Å². The lowest BCUT2D eigenvalue weighted by atomic mass is 10.2. The minimum absolute atomic E-state index is 0.666. The Kier molecular flexibility index (Phi) is 2.71. The molecule has 0 radical (unpaired) electrons. The highest BCUT2D eigenvalue weighted by Gasteiger charge is 2.04. The summed E-state index contributed by atoms with van der Waals surface area (Å²) in [6, 6.07) is 9.76. The molecular weight excluding hydrogens is 230 g/mol. The van der Waals surface area contributed by atoms with Gasteiger partial charge in [-0.15, -0.1) is 5.10 Å². The maximum atomic E-state index is 3.90. The highest BCUT2D eigenvalue weighted by Crippen LogP contribution is 2.18. The van der Waals surface area contributed by atoms with E-state index in [9.17, 15) is 0 Å². The van der Waals surface area contributed by atoms with Gasteiger partial charge in [0.15, 0.2) is 0 Å². The molecule has 7 nitrogen and oxygen atoms in total. The first-order valence-corrected chi connectivity index (χ1v) is 5.48. The van der Waals surface area contributed by atoms with E-state index in [4.69, 9.17) is 0 Å². The van der Waals surface area contributed by atoms with Gasteiger partial charge in [-0.25, -0.2) is 0 Å². The fourth-order valence-corrected chi connectivity index (χ4v) is 1.67. The Labute approximate surface area is 103 Å². The Morgan fingerprint density at radius 1 is 1.22 bits per heavy atom. The van der Waals surface area contributed by atoms with Crippen molar-refractivity contribution in [1.29, 1.82) is 0 Å². The smallest absolute Gasteiger partial charge is 0.143 e. The van der Waals surface area contributed by atoms with Crippen LogP contribution >= 0.6 is 0 Å². The molecule has 3 aromatic rings. The van der Waals surface area contributed by atoms with E-state index in [1.165, 1.54) is 0 Å². The number of hydrogen-bond acceptors (Lipinski definition) is 5. The summed E-state index contributed by atoms with van der Waals surface area (Å²) in [7, 11) is 0. The predicted octanol–water partition coefficient (Wildman–Crippen LogP) is 0.997. The van der Waals surface area contributed by atoms with Gasteiger partial charge in [0.05, 0.1) is 23.6 Å². The van der Waals surface area contributed by atoms with Crippen LogP contribution in [0.15, 0.2) is 42.9 Å². The fraction of sp³-hybridized carbons (Fsp3) is 0.0909. The monoisotopic (exact) mass is 241 g/mol. The van der Waals surface area contributed by atoms with Crippen LogP contribution in [0.25, 0.3) is 5.69 Å². The molecule has 2 aromatic heterocycles. The molecular formula is C11H11N7. The average molecular weight is 241 g/mol. The Hall–Kier alpha value is -2.70. The highest BCUT2D eigenvalue weighted by atomic mass is 15.5. The number of para-hydroxylation sites is 2. The van der Waals surface area contributed by atoms with Gasteiger partial charge in [0, 0.05) is 6.20 Å². The van der Waals surface area contributed by atoms with E-state index in [2.05, 4.69) is 31.0 Å². The number of rotatable bonds is 4. The molecule has 0 unspecified atom stereocenters. The molecule has 7 heteroatoms. The third kappa shape index (κ3) is 2.05. The zero-order valence-electron chi connectivity index (χ0n) is 9.48. The summed E-state index contributed by atoms with van der Waals surface area (Å²) in [6.45, 7) is 0.666. The van der Waals surface area contributed by atoms with Crippen LogP contribution in [0.1, 0.15) is 5.69 Å². The largest absolute Gasteiger partial charge is 0.378 e. The van der Waals surface area contributed by atoms with Crippen molar-refractivity contribution in [1.82, 2.24) is 30.4 Å². The summed E-state index contributed by atoms with van der Waals surface area (Å²) < 4.78 is 1.62. The van der Waals surface area contributed by atoms with Crippen molar-refractivity contribution in [2.24, 2.45) is 0 Å². The summed E-state index contributed by atoms with van der Waals surface area (Å²) in [5, 5.41) is 21.3. The van der Waals surface area contributed by atoms with Crippen molar-refractivity contribution in [3.63, 3.8) is 0 Å². The Morgan fingerprint density at radius 2 is 2.17 bits per heavy atom. The molecule has 0 saturated heterocycles. The van der Waals surface area contributed by atoms with Gasteiger partial charge in [-0.2, -0.15) is 9.78 Å². The number of benzene rings is 1. The van der Waals surface area contributed by atoms with Crippen LogP contribution in [0.2, 0.25) is 0 Å². The zero-order chi connectivity index (χ0) is 12.2. The van der Waals surface area contributed by atoms with E-state index >= 15 is 0 Å². The standard InChI is InChI=1S/C11H11N7/c1-2-4-11(18-8-14-16-17-18)10(3-1)12-7-9-5-6-13-15-9/h1-6,8,12H,7H2,(H,13,15). The summed E-state index contributed by atoms with van der Waals surface area (Å²) >= 11 is 0. The highest BCUT2D eigenvalue weighted by molar-refractivity contribution is 5.60. The summed E-state index contributed by atoms with van der Waals surface area (Å²) in [6.07, 6.45) is 3.29. The van der Waals surface area contributed by atoms with Gasteiger partial charge in [-0.1, -0.05) is 12.1 Å². The molecule has 0 aliphatic heterocycles. The quantitative estimate of drug-likeness (QED) is 0.711. The van der Waals surface area contributed by atoms with E-state index in [0.717, 1.165) is 17.1 Å². The first kappa shape index (κ1) is 10.5. The van der Waals surface area contributed by atoms with Crippen molar-refractivity contribution in [2.75, 3.05) is 5.32 Å². The molecule has 0 aliphatic carbocycles. The lowest BCUT2D eigenvalue weighted by molar-refractivity contribution is 0.789. The summed E-state index contributed by atoms with van der Waals surface area (Å²) in [4.78, 5) is 0. The molecule has 0 amide bonds. The van der Waals surface area contributed by atoms with Crippen LogP contribution in [0, 0.1) is 0 Å². The maximum Gasteiger partial charge on any atom is 0.143 e. The molecule has 0 spiro atoms. The molecule has 0 atom stereocenters. The molecule has 2 heterocycles. The predicted molar refractivity (Wildman–Crippen MR) is 65.1 cm³/mol. The van der Waals surface area contributed by atoms with Crippen LogP contribution in [0.3, 0.4) is 0 Å². The van der Waals surface area contributed by atoms with E-state index in [1.807, 2.05) is 30.3 Å². The third-order valence-electron chi connectivity index (χ3n) is 2.53. The van der Waals surface area contributed by atoms with Crippen LogP contribution < -0.4 is 5.32 Å². The van der Waals surface area contributed by atoms with Gasteiger partial charge in [0.25, 0.3) is 0 Å². The Morgan fingerprint density at radius 3 is 2.94 bits per heavy atom. The molecule has 2 N–H and O–H groups in total. The van der Waals surface area contributed by atoms with E-state index in [-0.39, 0.29) is 0 Å². The molecule has 0 saturated carbocycles. The number of aromatic nitrogens is 6. The van der Waals surface area contributed by atoms with Gasteiger partial charge in [-0.3, -0.25) is 5.10 Å². The molecule has 0 aliphatic rings. The molecule has 3 rings (SSSR count). The number of nitrogens with zero attached hydrogens (tertiary/aromatic N) is 5. The molecule has 1 aromatic carbocycles. The maximum absolute atomic E-state index is 3.90. The third-order valence-corrected chi connectivity index (χ3v) is 2.53. The zero-order valence-corrected chi connectivity index (χ0v) is 9.48. The minimum Gasteiger partial charge on any atom is -0.378 e. The summed E-state index contributed by atoms with van der Waals surface area (Å²) in [5.74, 6) is 0. The normalized spacial score (nSPS) is 10.4. The van der Waals surface area contributed by atoms with Crippen molar-refractivity contribution in [2.45, 2.75) is 6.54 Å². The van der Waals surface area contributed by atoms with Gasteiger partial charge in [-0.05, 0) is 28.6 Å². The fourth-order valence-electron chi connectivity index (χ4n) is 1.67. The number of aromatic amines is 1. The van der Waals surface area contributed by atoms with Gasteiger partial charge in [0.2, 0.25) is 0 Å². The first-order chi connectivity index (χ1) is 8.93. The number of tetrazole rings is 1. The van der Waals surface area contributed by atoms with Gasteiger partial charge >= 0.3 is 0 Å². The Bertz CT molecular complexity index is 600. The van der Waals surface area contributed by atoms with Gasteiger partial charge in [0.1, 0.15) is 6.33 Å². The lowest BCUT2D eigenvalue weighted by Crippen LogP contribution is -2.05. The first-order valence-electron chi connectivity index (χ1n) is 5.48. The Balaban J connectivity index is 1.84. The van der Waals surface area contributed by atoms with E-state index in [0.29, 0.717) is 6.54 Å². The van der Waals surface area contributed by atoms with Crippen molar-refractivity contribution in [3.8, 4) is 5.69 Å². The van der Waals surface area contributed by atoms with Crippen molar-refractivity contribution >= 4 is 5.69 Å². The van der Waals surface area contributed by atoms with Crippen molar-refractivity contribution < 1.29 is 0 Å². The van der Waals surface area contributed by atoms with E-state index < -0.39 is 0 Å². The number of nitrogens with one attached hydrogen (secondary N) is 2. The average Bonchev–Trinajstić information content (AvgIpc) is 3.10. The molecule has 0 fully saturated rings. The number of anilines is 1. The molecule has 0 bridgehead atoms. The van der Waals surface area contributed by atoms with E-state index in [1.54, 1.807) is 17.2 Å². The van der Waals surface area contributed by atoms with Crippen LogP contribution in [0.5, 0.6) is 0 Å². The minimum atomic E-state index is 0.666. The van der Waals surface area contributed by atoms with Crippen LogP contribution in [-0.2, 0) is 6.54 Å².